The number of epoxide rings is 1. The highest BCUT2D eigenvalue weighted by Crippen LogP contribution is 2.45. The maximum absolute atomic E-state index is 13.3. The molecule has 38 heavy (non-hydrogen) atoms. The third-order valence-corrected chi connectivity index (χ3v) is 10.5. The molecule has 0 bridgehead atoms. The molecule has 0 amide bonds. The summed E-state index contributed by atoms with van der Waals surface area (Å²) in [5, 5.41) is 23.8. The molecule has 0 radical (unpaired) electrons. The number of aliphatic hydroxyl groups excluding tert-OH is 2. The van der Waals surface area contributed by atoms with E-state index in [9.17, 15) is 19.8 Å². The molecule has 214 valence electrons. The normalized spacial score (nSPS) is 35.4. The molecule has 3 rings (SSSR count). The van der Waals surface area contributed by atoms with Crippen molar-refractivity contribution >= 4 is 40.9 Å². The number of Topliss-reactive ketones (excluding diaryl/α,β-unsaturated/α-hetero) is 1. The number of cyclic esters (lactones) is 1. The smallest absolute Gasteiger partial charge is 0.309 e. The van der Waals surface area contributed by atoms with Crippen molar-refractivity contribution in [2.45, 2.75) is 121 Å². The zero-order valence-corrected chi connectivity index (χ0v) is 25.5. The number of carbonyl (C=O) groups excluding carboxylic acids is 2. The predicted molar refractivity (Wildman–Crippen MR) is 152 cm³/mol. The molecule has 2 aliphatic rings. The van der Waals surface area contributed by atoms with Gasteiger partial charge in [-0.3, -0.25) is 9.59 Å². The summed E-state index contributed by atoms with van der Waals surface area (Å²) in [6.07, 6.45) is 3.07. The number of hydrogen-bond donors (Lipinski definition) is 2. The number of rotatable bonds is 5. The summed E-state index contributed by atoms with van der Waals surface area (Å²) in [5.41, 5.74) is 0.189. The number of fused-ring (bicyclic) bond motifs is 1. The second-order valence-electron chi connectivity index (χ2n) is 11.9. The molecule has 1 aromatic rings. The molecule has 2 N–H and O–H groups in total. The van der Waals surface area contributed by atoms with E-state index in [1.165, 1.54) is 0 Å². The number of aromatic nitrogens is 1. The Hall–Kier alpha value is -1.26. The average Bonchev–Trinajstić information content (AvgIpc) is 3.27. The van der Waals surface area contributed by atoms with E-state index >= 15 is 0 Å². The summed E-state index contributed by atoms with van der Waals surface area (Å²) < 4.78 is 13.0. The maximum Gasteiger partial charge on any atom is 0.309 e. The van der Waals surface area contributed by atoms with Gasteiger partial charge in [-0.05, 0) is 50.7 Å². The Morgan fingerprint density at radius 3 is 2.66 bits per heavy atom. The van der Waals surface area contributed by atoms with Crippen molar-refractivity contribution in [2.75, 3.05) is 5.75 Å². The monoisotopic (exact) mass is 567 g/mol. The Bertz CT molecular complexity index is 1010. The number of esters is 1. The fourth-order valence-corrected chi connectivity index (χ4v) is 6.93. The van der Waals surface area contributed by atoms with Crippen LogP contribution in [0, 0.1) is 17.3 Å². The van der Waals surface area contributed by atoms with E-state index in [0.29, 0.717) is 6.42 Å². The first-order valence-electron chi connectivity index (χ1n) is 13.8. The molecule has 3 heterocycles. The van der Waals surface area contributed by atoms with Crippen LogP contribution in [-0.4, -0.2) is 62.7 Å². The molecule has 0 aromatic carbocycles. The summed E-state index contributed by atoms with van der Waals surface area (Å²) in [4.78, 5) is 31.0. The van der Waals surface area contributed by atoms with Crippen LogP contribution in [-0.2, 0) is 19.1 Å². The van der Waals surface area contributed by atoms with Crippen LogP contribution in [0.5, 0.6) is 0 Å². The average molecular weight is 568 g/mol. The Labute approximate surface area is 235 Å². The minimum atomic E-state index is -1.23. The van der Waals surface area contributed by atoms with E-state index in [1.807, 2.05) is 25.3 Å². The third kappa shape index (κ3) is 7.68. The van der Waals surface area contributed by atoms with Gasteiger partial charge in [0, 0.05) is 23.5 Å². The first kappa shape index (κ1) is 31.3. The molecule has 2 aliphatic heterocycles. The Balaban J connectivity index is 1.83. The van der Waals surface area contributed by atoms with Gasteiger partial charge in [-0.25, -0.2) is 4.98 Å². The van der Waals surface area contributed by atoms with Gasteiger partial charge in [0.1, 0.15) is 11.9 Å². The topological polar surface area (TPSA) is 109 Å². The summed E-state index contributed by atoms with van der Waals surface area (Å²) in [6.45, 7) is 13.1. The summed E-state index contributed by atoms with van der Waals surface area (Å²) in [7, 11) is 0. The van der Waals surface area contributed by atoms with Gasteiger partial charge in [-0.1, -0.05) is 52.8 Å². The fraction of sp³-hybridized carbons (Fsp3) is 0.759. The summed E-state index contributed by atoms with van der Waals surface area (Å²) in [5.74, 6) is -0.530. The Morgan fingerprint density at radius 2 is 1.97 bits per heavy atom. The lowest BCUT2D eigenvalue weighted by Crippen LogP contribution is -2.45. The number of ether oxygens (including phenoxy) is 2. The van der Waals surface area contributed by atoms with Crippen molar-refractivity contribution in [1.82, 2.24) is 4.98 Å². The van der Waals surface area contributed by atoms with Gasteiger partial charge < -0.3 is 19.7 Å². The van der Waals surface area contributed by atoms with E-state index in [4.69, 9.17) is 9.47 Å². The third-order valence-electron chi connectivity index (χ3n) is 8.22. The molecule has 7 nitrogen and oxygen atoms in total. The zero-order chi connectivity index (χ0) is 28.3. The minimum absolute atomic E-state index is 0.0512. The molecular weight excluding hydrogens is 522 g/mol. The van der Waals surface area contributed by atoms with Crippen LogP contribution in [0.3, 0.4) is 0 Å². The van der Waals surface area contributed by atoms with Crippen LogP contribution in [0.15, 0.2) is 15.3 Å². The lowest BCUT2D eigenvalue weighted by molar-refractivity contribution is -0.154. The van der Waals surface area contributed by atoms with Gasteiger partial charge in [0.2, 0.25) is 0 Å². The molecule has 0 saturated carbocycles. The molecule has 0 spiro atoms. The van der Waals surface area contributed by atoms with Crippen LogP contribution >= 0.6 is 23.1 Å². The first-order chi connectivity index (χ1) is 17.8. The zero-order valence-electron chi connectivity index (χ0n) is 23.9. The fourth-order valence-electron chi connectivity index (χ4n) is 5.21. The number of carbonyl (C=O) groups is 2. The summed E-state index contributed by atoms with van der Waals surface area (Å²) >= 11 is 3.34. The highest BCUT2D eigenvalue weighted by molar-refractivity contribution is 8.01. The molecule has 0 unspecified atom stereocenters. The second kappa shape index (κ2) is 12.9. The van der Waals surface area contributed by atoms with E-state index in [0.717, 1.165) is 47.0 Å². The van der Waals surface area contributed by atoms with Gasteiger partial charge in [0.05, 0.1) is 41.4 Å². The molecule has 7 atom stereocenters. The lowest BCUT2D eigenvalue weighted by Gasteiger charge is -2.34. The SMILES string of the molecule is CCCSc1nc(/C=C(\C)[C@@H]2C[C@@H]3O[C@]3(C)CCC[C@H](C)[C@H](O)[C@@H](C)C(=O)C(C)(C)[C@@H](O)CC(=O)O2)cs1. The van der Waals surface area contributed by atoms with Gasteiger partial charge >= 0.3 is 5.97 Å². The quantitative estimate of drug-likeness (QED) is 0.266. The van der Waals surface area contributed by atoms with Crippen molar-refractivity contribution in [3.8, 4) is 0 Å². The van der Waals surface area contributed by atoms with Crippen molar-refractivity contribution in [3.05, 3.63) is 16.6 Å². The minimum Gasteiger partial charge on any atom is -0.458 e. The largest absolute Gasteiger partial charge is 0.458 e. The van der Waals surface area contributed by atoms with E-state index in [1.54, 1.807) is 43.9 Å². The molecule has 9 heteroatoms. The highest BCUT2D eigenvalue weighted by atomic mass is 32.2. The number of thiazole rings is 1. The van der Waals surface area contributed by atoms with Crippen LogP contribution in [0.4, 0.5) is 0 Å². The standard InChI is InChI=1S/C29H45NO6S2/c1-8-12-37-27-30-20(16-38-27)13-18(3)21-14-23-29(7,36-23)11-9-10-17(2)25(33)19(4)26(34)28(5,6)22(31)15-24(32)35-21/h13,16-17,19,21-23,25,31,33H,8-12,14-15H2,1-7H3/b18-13+/t17-,19+,21-,22-,23-,25-,29+/m0/s1. The lowest BCUT2D eigenvalue weighted by atomic mass is 9.73. The second-order valence-corrected chi connectivity index (χ2v) is 14.1. The van der Waals surface area contributed by atoms with Crippen LogP contribution in [0.25, 0.3) is 6.08 Å². The maximum atomic E-state index is 13.3. The van der Waals surface area contributed by atoms with Crippen LogP contribution in [0.1, 0.15) is 92.7 Å². The Morgan fingerprint density at radius 1 is 1.26 bits per heavy atom. The van der Waals surface area contributed by atoms with E-state index in [2.05, 4.69) is 18.8 Å². The Kier molecular flexibility index (Phi) is 10.6. The number of nitrogens with zero attached hydrogens (tertiary/aromatic N) is 1. The molecule has 0 aliphatic carbocycles. The molecule has 1 aromatic heterocycles. The van der Waals surface area contributed by atoms with Gasteiger partial charge in [0.25, 0.3) is 0 Å². The van der Waals surface area contributed by atoms with Crippen molar-refractivity contribution in [2.24, 2.45) is 17.3 Å². The summed E-state index contributed by atoms with van der Waals surface area (Å²) in [6, 6.07) is 0. The number of ketones is 1. The van der Waals surface area contributed by atoms with Crippen molar-refractivity contribution in [3.63, 3.8) is 0 Å². The first-order valence-corrected chi connectivity index (χ1v) is 15.7. The van der Waals surface area contributed by atoms with Gasteiger partial charge in [0.15, 0.2) is 4.34 Å². The number of hydrogen-bond acceptors (Lipinski definition) is 9. The van der Waals surface area contributed by atoms with Gasteiger partial charge in [-0.15, -0.1) is 11.3 Å². The molecule has 2 fully saturated rings. The van der Waals surface area contributed by atoms with Crippen molar-refractivity contribution in [1.29, 1.82) is 0 Å². The van der Waals surface area contributed by atoms with Gasteiger partial charge in [-0.2, -0.15) is 0 Å². The van der Waals surface area contributed by atoms with E-state index < -0.39 is 35.6 Å². The molecular formula is C29H45NO6S2. The van der Waals surface area contributed by atoms with Crippen molar-refractivity contribution < 1.29 is 29.3 Å². The molecule has 2 saturated heterocycles. The van der Waals surface area contributed by atoms with Crippen LogP contribution in [0.2, 0.25) is 0 Å². The van der Waals surface area contributed by atoms with E-state index in [-0.39, 0.29) is 29.8 Å². The number of thioether (sulfide) groups is 1. The van der Waals surface area contributed by atoms with Crippen LogP contribution < -0.4 is 0 Å². The number of aliphatic hydroxyl groups is 2. The highest BCUT2D eigenvalue weighted by Gasteiger charge is 2.53. The predicted octanol–water partition coefficient (Wildman–Crippen LogP) is 5.67.